The van der Waals surface area contributed by atoms with E-state index in [2.05, 4.69) is 76.5 Å². The molecule has 6 rings (SSSR count). The van der Waals surface area contributed by atoms with Crippen LogP contribution in [0.4, 0.5) is 5.82 Å². The molecule has 0 aliphatic carbocycles. The van der Waals surface area contributed by atoms with Gasteiger partial charge in [0.25, 0.3) is 5.91 Å². The number of aliphatic hydroxyl groups is 1. The fraction of sp³-hybridized carbons (Fsp3) is 0.250. The van der Waals surface area contributed by atoms with Crippen LogP contribution in [0, 0.1) is 25.2 Å². The van der Waals surface area contributed by atoms with Gasteiger partial charge in [-0.05, 0) is 95.1 Å². The highest BCUT2D eigenvalue weighted by Gasteiger charge is 2.41. The van der Waals surface area contributed by atoms with Gasteiger partial charge in [0.15, 0.2) is 11.8 Å². The number of pyridine rings is 1. The van der Waals surface area contributed by atoms with E-state index in [9.17, 15) is 15.2 Å². The van der Waals surface area contributed by atoms with Gasteiger partial charge >= 0.3 is 0 Å². The van der Waals surface area contributed by atoms with Crippen LogP contribution in [0.15, 0.2) is 120 Å². The van der Waals surface area contributed by atoms with E-state index in [-0.39, 0.29) is 23.1 Å². The van der Waals surface area contributed by atoms with Gasteiger partial charge < -0.3 is 19.3 Å². The molecule has 3 heterocycles. The number of ether oxygens (including phenoxy) is 1. The average molecular weight is 718 g/mol. The highest BCUT2D eigenvalue weighted by molar-refractivity contribution is 8.31. The number of benzene rings is 3. The summed E-state index contributed by atoms with van der Waals surface area (Å²) in [6, 6.07) is 31.9. The van der Waals surface area contributed by atoms with Gasteiger partial charge in [0, 0.05) is 20.7 Å². The molecule has 1 atom stereocenters. The lowest BCUT2D eigenvalue weighted by Crippen LogP contribution is -2.30. The van der Waals surface area contributed by atoms with Crippen LogP contribution >= 0.6 is 10.3 Å². The highest BCUT2D eigenvalue weighted by atomic mass is 32.3. The number of hydrogen-bond acceptors (Lipinski definition) is 9. The van der Waals surface area contributed by atoms with Crippen LogP contribution in [0.2, 0.25) is 0 Å². The second-order valence-electron chi connectivity index (χ2n) is 12.8. The largest absolute Gasteiger partial charge is 0.464 e. The van der Waals surface area contributed by atoms with Crippen molar-refractivity contribution in [1.82, 2.24) is 24.7 Å². The Kier molecular flexibility index (Phi) is 12.0. The van der Waals surface area contributed by atoms with Crippen LogP contribution in [0.1, 0.15) is 44.4 Å². The second-order valence-corrected chi connectivity index (χ2v) is 16.4. The van der Waals surface area contributed by atoms with Crippen LogP contribution in [0.5, 0.6) is 5.88 Å². The summed E-state index contributed by atoms with van der Waals surface area (Å²) in [6.07, 6.45) is 3.78. The van der Waals surface area contributed by atoms with Crippen LogP contribution in [-0.2, 0) is 8.98 Å². The fourth-order valence-electron chi connectivity index (χ4n) is 5.60. The third kappa shape index (κ3) is 8.13. The van der Waals surface area contributed by atoms with Crippen molar-refractivity contribution >= 4 is 33.1 Å². The molecule has 6 aromatic rings. The van der Waals surface area contributed by atoms with Crippen LogP contribution < -0.4 is 10.1 Å². The molecule has 3 aromatic carbocycles. The number of rotatable bonds is 10. The normalized spacial score (nSPS) is 12.3. The molecule has 0 unspecified atom stereocenters. The van der Waals surface area contributed by atoms with Crippen molar-refractivity contribution in [2.24, 2.45) is 0 Å². The number of aliphatic hydroxyl groups excluding tert-OH is 1. The molecule has 0 aliphatic rings. The standard InChI is InChI=1S/C22H19N7O2.C18H24O2S/c1-13-7-8-19(24-10-13)28-21(30)15(3)31-22-17-11-27-29(20(17)25-12-26-22)18-6-4-5-16(9-23)14(18)2;1-18(2,3)21(20-15-14-19,16-10-6-4-7-11-16)17-12-8-5-9-13-17/h4-8,10-12,15H,1-3H3,(H,24,28,30);4-13,19H,14-15H2,1-3H3/t15-;/m0./s1. The minimum absolute atomic E-state index is 0.0322. The average Bonchev–Trinajstić information content (AvgIpc) is 3.58. The number of carbonyl (C=O) groups excluding carboxylic acids is 1. The van der Waals surface area contributed by atoms with Gasteiger partial charge in [-0.1, -0.05) is 58.8 Å². The molecular formula is C40H43N7O4S. The van der Waals surface area contributed by atoms with Crippen molar-refractivity contribution in [1.29, 1.82) is 5.26 Å². The van der Waals surface area contributed by atoms with Crippen LogP contribution in [-0.4, -0.2) is 59.8 Å². The summed E-state index contributed by atoms with van der Waals surface area (Å²) >= 11 is 0. The molecule has 3 aromatic heterocycles. The highest BCUT2D eigenvalue weighted by Crippen LogP contribution is 2.71. The summed E-state index contributed by atoms with van der Waals surface area (Å²) in [4.78, 5) is 27.6. The number of hydrogen-bond donors (Lipinski definition) is 2. The van der Waals surface area contributed by atoms with Crippen LogP contribution in [0.25, 0.3) is 16.7 Å². The van der Waals surface area contributed by atoms with E-state index in [1.165, 1.54) is 16.1 Å². The molecule has 0 aliphatic heterocycles. The summed E-state index contributed by atoms with van der Waals surface area (Å²) in [5.74, 6) is 0.331. The van der Waals surface area contributed by atoms with Crippen molar-refractivity contribution in [3.05, 3.63) is 126 Å². The first-order valence-electron chi connectivity index (χ1n) is 16.8. The third-order valence-corrected chi connectivity index (χ3v) is 12.3. The number of aromatic nitrogens is 5. The molecule has 0 bridgehead atoms. The van der Waals surface area contributed by atoms with Gasteiger partial charge in [0.05, 0.1) is 36.7 Å². The molecule has 2 N–H and O–H groups in total. The first-order chi connectivity index (χ1) is 25.0. The summed E-state index contributed by atoms with van der Waals surface area (Å²) < 4.78 is 13.7. The Labute approximate surface area is 305 Å². The molecule has 0 spiro atoms. The summed E-state index contributed by atoms with van der Waals surface area (Å²) in [5, 5.41) is 26.3. The number of amides is 1. The number of fused-ring (bicyclic) bond motifs is 1. The Morgan fingerprint density at radius 1 is 0.923 bits per heavy atom. The fourth-order valence-corrected chi connectivity index (χ4v) is 9.32. The number of carbonyl (C=O) groups is 1. The summed E-state index contributed by atoms with van der Waals surface area (Å²) in [7, 11) is -1.69. The van der Waals surface area contributed by atoms with Crippen molar-refractivity contribution < 1.29 is 18.8 Å². The van der Waals surface area contributed by atoms with Gasteiger partial charge in [-0.15, -0.1) is 0 Å². The number of aryl methyl sites for hydroxylation is 1. The minimum Gasteiger partial charge on any atom is -0.464 e. The van der Waals surface area contributed by atoms with Crippen molar-refractivity contribution in [3.8, 4) is 17.6 Å². The maximum Gasteiger partial charge on any atom is 0.266 e. The monoisotopic (exact) mass is 717 g/mol. The maximum atomic E-state index is 12.5. The zero-order valence-corrected chi connectivity index (χ0v) is 31.0. The van der Waals surface area contributed by atoms with Crippen molar-refractivity contribution in [3.63, 3.8) is 0 Å². The predicted molar refractivity (Wildman–Crippen MR) is 204 cm³/mol. The maximum absolute atomic E-state index is 12.5. The van der Waals surface area contributed by atoms with Crippen molar-refractivity contribution in [2.45, 2.75) is 62.2 Å². The van der Waals surface area contributed by atoms with Gasteiger partial charge in [0.2, 0.25) is 5.88 Å². The molecule has 0 fully saturated rings. The molecule has 0 saturated carbocycles. The molecule has 268 valence electrons. The van der Waals surface area contributed by atoms with E-state index in [1.807, 2.05) is 62.4 Å². The predicted octanol–water partition coefficient (Wildman–Crippen LogP) is 7.74. The van der Waals surface area contributed by atoms with E-state index in [0.717, 1.165) is 16.8 Å². The zero-order chi connectivity index (χ0) is 37.3. The Morgan fingerprint density at radius 3 is 2.17 bits per heavy atom. The second kappa shape index (κ2) is 16.6. The SMILES string of the molecule is CC(C)(C)S(OCCO)(c1ccccc1)c1ccccc1.Cc1ccc(NC(=O)[C@H](C)Oc2ncnc3c2cnn3-c2cccc(C#N)c2C)nc1. The lowest BCUT2D eigenvalue weighted by Gasteiger charge is -2.50. The number of nitrogens with one attached hydrogen (secondary N) is 1. The van der Waals surface area contributed by atoms with Crippen LogP contribution in [0.3, 0.4) is 0 Å². The van der Waals surface area contributed by atoms with E-state index in [4.69, 9.17) is 8.92 Å². The lowest BCUT2D eigenvalue weighted by molar-refractivity contribution is -0.122. The quantitative estimate of drug-likeness (QED) is 0.145. The molecule has 11 nitrogen and oxygen atoms in total. The molecule has 0 saturated heterocycles. The molecule has 1 amide bonds. The van der Waals surface area contributed by atoms with Gasteiger partial charge in [-0.2, -0.15) is 10.4 Å². The molecule has 12 heteroatoms. The summed E-state index contributed by atoms with van der Waals surface area (Å²) in [5.41, 5.74) is 3.58. The smallest absolute Gasteiger partial charge is 0.266 e. The summed E-state index contributed by atoms with van der Waals surface area (Å²) in [6.45, 7) is 12.4. The molecular weight excluding hydrogens is 675 g/mol. The first kappa shape index (κ1) is 37.6. The van der Waals surface area contributed by atoms with Gasteiger partial charge in [0.1, 0.15) is 17.5 Å². The topological polar surface area (TPSA) is 148 Å². The lowest BCUT2D eigenvalue weighted by atomic mass is 10.1. The number of nitrogens with zero attached hydrogens (tertiary/aromatic N) is 6. The molecule has 52 heavy (non-hydrogen) atoms. The Hall–Kier alpha value is -5.61. The van der Waals surface area contributed by atoms with Gasteiger partial charge in [-0.3, -0.25) is 4.79 Å². The Balaban J connectivity index is 0.000000217. The Morgan fingerprint density at radius 2 is 1.60 bits per heavy atom. The third-order valence-electron chi connectivity index (χ3n) is 8.17. The molecule has 0 radical (unpaired) electrons. The van der Waals surface area contributed by atoms with E-state index in [0.29, 0.717) is 29.0 Å². The first-order valence-corrected chi connectivity index (χ1v) is 18.3. The van der Waals surface area contributed by atoms with Crippen molar-refractivity contribution in [2.75, 3.05) is 18.5 Å². The zero-order valence-electron chi connectivity index (χ0n) is 30.1. The van der Waals surface area contributed by atoms with E-state index in [1.54, 1.807) is 42.2 Å². The van der Waals surface area contributed by atoms with E-state index < -0.39 is 16.4 Å². The number of anilines is 1. The van der Waals surface area contributed by atoms with E-state index >= 15 is 0 Å². The minimum atomic E-state index is -1.69. The van der Waals surface area contributed by atoms with Gasteiger partial charge in [-0.25, -0.2) is 19.6 Å². The number of nitriles is 1. The Bertz CT molecular complexity index is 2110.